The lowest BCUT2D eigenvalue weighted by molar-refractivity contribution is 0.625. The molecular formula is C13H9ClFN5. The summed E-state index contributed by atoms with van der Waals surface area (Å²) in [6, 6.07) is 11.3. The first-order chi connectivity index (χ1) is 9.65. The predicted molar refractivity (Wildman–Crippen MR) is 74.0 cm³/mol. The van der Waals surface area contributed by atoms with E-state index in [0.717, 1.165) is 0 Å². The molecule has 0 aliphatic rings. The zero-order valence-corrected chi connectivity index (χ0v) is 10.9. The molecular weight excluding hydrogens is 281 g/mol. The standard InChI is InChI=1S/C13H9ClFN5/c14-8-5-9(15)7-10(6-8)20-13(17-18-19-20)11-3-1-2-4-12(11)16/h1-7H,16H2. The van der Waals surface area contributed by atoms with Gasteiger partial charge >= 0.3 is 0 Å². The van der Waals surface area contributed by atoms with E-state index in [0.29, 0.717) is 22.8 Å². The lowest BCUT2D eigenvalue weighted by atomic mass is 10.1. The maximum atomic E-state index is 13.4. The minimum absolute atomic E-state index is 0.266. The summed E-state index contributed by atoms with van der Waals surface area (Å²) in [5.74, 6) is -0.0419. The number of hydrogen-bond donors (Lipinski definition) is 1. The first-order valence-electron chi connectivity index (χ1n) is 5.75. The Labute approximate surface area is 118 Å². The Bertz CT molecular complexity index is 751. The van der Waals surface area contributed by atoms with Crippen LogP contribution >= 0.6 is 11.6 Å². The number of benzene rings is 2. The lowest BCUT2D eigenvalue weighted by Crippen LogP contribution is -2.02. The summed E-state index contributed by atoms with van der Waals surface area (Å²) < 4.78 is 14.8. The number of halogens is 2. The molecule has 7 heteroatoms. The van der Waals surface area contributed by atoms with Gasteiger partial charge in [-0.1, -0.05) is 23.7 Å². The number of nitrogen functional groups attached to an aromatic ring is 1. The molecule has 0 aliphatic carbocycles. The molecule has 0 radical (unpaired) electrons. The van der Waals surface area contributed by atoms with Gasteiger partial charge in [-0.25, -0.2) is 4.39 Å². The van der Waals surface area contributed by atoms with Crippen molar-refractivity contribution >= 4 is 17.3 Å². The van der Waals surface area contributed by atoms with Crippen molar-refractivity contribution in [1.82, 2.24) is 20.2 Å². The fourth-order valence-electron chi connectivity index (χ4n) is 1.89. The van der Waals surface area contributed by atoms with Gasteiger partial charge in [0.2, 0.25) is 0 Å². The molecule has 1 heterocycles. The average molecular weight is 290 g/mol. The van der Waals surface area contributed by atoms with E-state index in [4.69, 9.17) is 17.3 Å². The number of hydrogen-bond acceptors (Lipinski definition) is 4. The van der Waals surface area contributed by atoms with Crippen molar-refractivity contribution in [3.05, 3.63) is 53.3 Å². The molecule has 0 bridgehead atoms. The Hall–Kier alpha value is -2.47. The molecule has 2 aromatic carbocycles. The van der Waals surface area contributed by atoms with E-state index in [1.165, 1.54) is 16.8 Å². The molecule has 5 nitrogen and oxygen atoms in total. The largest absolute Gasteiger partial charge is 0.398 e. The third-order valence-electron chi connectivity index (χ3n) is 2.76. The highest BCUT2D eigenvalue weighted by molar-refractivity contribution is 6.30. The van der Waals surface area contributed by atoms with Crippen LogP contribution in [0.2, 0.25) is 5.02 Å². The van der Waals surface area contributed by atoms with Gasteiger partial charge in [-0.15, -0.1) is 5.10 Å². The van der Waals surface area contributed by atoms with Crippen LogP contribution < -0.4 is 5.73 Å². The molecule has 20 heavy (non-hydrogen) atoms. The van der Waals surface area contributed by atoms with Crippen LogP contribution in [0.5, 0.6) is 0 Å². The van der Waals surface area contributed by atoms with Gasteiger partial charge in [0.05, 0.1) is 5.69 Å². The summed E-state index contributed by atoms with van der Waals surface area (Å²) >= 11 is 5.85. The third kappa shape index (κ3) is 2.21. The predicted octanol–water partition coefficient (Wildman–Crippen LogP) is 2.70. The number of tetrazole rings is 1. The Kier molecular flexibility index (Phi) is 3.08. The van der Waals surface area contributed by atoms with Crippen LogP contribution in [-0.4, -0.2) is 20.2 Å². The number of anilines is 1. The number of nitrogens with two attached hydrogens (primary N) is 1. The molecule has 0 fully saturated rings. The molecule has 2 N–H and O–H groups in total. The monoisotopic (exact) mass is 289 g/mol. The minimum atomic E-state index is -0.463. The van der Waals surface area contributed by atoms with Gasteiger partial charge in [0, 0.05) is 16.3 Å². The number of rotatable bonds is 2. The molecule has 1 aromatic heterocycles. The molecule has 100 valence electrons. The first kappa shape index (κ1) is 12.6. The summed E-state index contributed by atoms with van der Waals surface area (Å²) in [6.45, 7) is 0. The van der Waals surface area contributed by atoms with Crippen LogP contribution in [-0.2, 0) is 0 Å². The van der Waals surface area contributed by atoms with Crippen molar-refractivity contribution in [2.75, 3.05) is 5.73 Å². The van der Waals surface area contributed by atoms with Crippen molar-refractivity contribution < 1.29 is 4.39 Å². The summed E-state index contributed by atoms with van der Waals surface area (Å²) in [5.41, 5.74) is 7.54. The molecule has 0 saturated heterocycles. The SMILES string of the molecule is Nc1ccccc1-c1nnnn1-c1cc(F)cc(Cl)c1. The molecule has 3 aromatic rings. The van der Waals surface area contributed by atoms with Crippen LogP contribution in [0.1, 0.15) is 0 Å². The first-order valence-corrected chi connectivity index (χ1v) is 6.12. The van der Waals surface area contributed by atoms with Gasteiger partial charge in [0.15, 0.2) is 5.82 Å². The van der Waals surface area contributed by atoms with Crippen molar-refractivity contribution in [3.8, 4) is 17.1 Å². The average Bonchev–Trinajstić information content (AvgIpc) is 2.87. The van der Waals surface area contributed by atoms with Crippen molar-refractivity contribution in [2.45, 2.75) is 0 Å². The topological polar surface area (TPSA) is 69.6 Å². The maximum absolute atomic E-state index is 13.4. The van der Waals surface area contributed by atoms with Crippen LogP contribution in [0, 0.1) is 5.82 Å². The van der Waals surface area contributed by atoms with E-state index in [9.17, 15) is 4.39 Å². The van der Waals surface area contributed by atoms with Gasteiger partial charge in [-0.2, -0.15) is 4.68 Å². The quantitative estimate of drug-likeness (QED) is 0.736. The second-order valence-corrected chi connectivity index (χ2v) is 4.57. The van der Waals surface area contributed by atoms with Crippen LogP contribution in [0.25, 0.3) is 17.1 Å². The van der Waals surface area contributed by atoms with Crippen molar-refractivity contribution in [2.24, 2.45) is 0 Å². The molecule has 0 saturated carbocycles. The van der Waals surface area contributed by atoms with Crippen LogP contribution in [0.4, 0.5) is 10.1 Å². The van der Waals surface area contributed by atoms with Gasteiger partial charge < -0.3 is 5.73 Å². The van der Waals surface area contributed by atoms with E-state index in [-0.39, 0.29) is 5.02 Å². The lowest BCUT2D eigenvalue weighted by Gasteiger charge is -2.07. The molecule has 0 atom stereocenters. The van der Waals surface area contributed by atoms with Crippen LogP contribution in [0.3, 0.4) is 0 Å². The number of para-hydroxylation sites is 1. The summed E-state index contributed by atoms with van der Waals surface area (Å²) in [6.07, 6.45) is 0. The van der Waals surface area contributed by atoms with E-state index < -0.39 is 5.82 Å². The van der Waals surface area contributed by atoms with E-state index in [1.54, 1.807) is 18.2 Å². The van der Waals surface area contributed by atoms with Crippen LogP contribution in [0.15, 0.2) is 42.5 Å². The Balaban J connectivity index is 2.18. The molecule has 3 rings (SSSR count). The molecule has 0 unspecified atom stereocenters. The number of nitrogens with zero attached hydrogens (tertiary/aromatic N) is 4. The Morgan fingerprint density at radius 1 is 1.15 bits per heavy atom. The summed E-state index contributed by atoms with van der Waals surface area (Å²) in [4.78, 5) is 0. The highest BCUT2D eigenvalue weighted by Gasteiger charge is 2.14. The Morgan fingerprint density at radius 3 is 2.70 bits per heavy atom. The zero-order chi connectivity index (χ0) is 14.1. The van der Waals surface area contributed by atoms with E-state index >= 15 is 0 Å². The molecule has 0 aliphatic heterocycles. The fourth-order valence-corrected chi connectivity index (χ4v) is 2.11. The fraction of sp³-hybridized carbons (Fsp3) is 0. The van der Waals surface area contributed by atoms with Crippen molar-refractivity contribution in [1.29, 1.82) is 0 Å². The molecule has 0 amide bonds. The molecule has 0 spiro atoms. The van der Waals surface area contributed by atoms with Gasteiger partial charge in [0.1, 0.15) is 5.82 Å². The van der Waals surface area contributed by atoms with Crippen molar-refractivity contribution in [3.63, 3.8) is 0 Å². The maximum Gasteiger partial charge on any atom is 0.189 e. The third-order valence-corrected chi connectivity index (χ3v) is 2.98. The van der Waals surface area contributed by atoms with E-state index in [1.807, 2.05) is 12.1 Å². The van der Waals surface area contributed by atoms with E-state index in [2.05, 4.69) is 15.5 Å². The summed E-state index contributed by atoms with van der Waals surface area (Å²) in [5, 5.41) is 11.7. The second kappa shape index (κ2) is 4.90. The van der Waals surface area contributed by atoms with Gasteiger partial charge in [0.25, 0.3) is 0 Å². The highest BCUT2D eigenvalue weighted by atomic mass is 35.5. The summed E-state index contributed by atoms with van der Waals surface area (Å²) in [7, 11) is 0. The second-order valence-electron chi connectivity index (χ2n) is 4.13. The normalized spacial score (nSPS) is 10.7. The Morgan fingerprint density at radius 2 is 1.95 bits per heavy atom. The minimum Gasteiger partial charge on any atom is -0.398 e. The smallest absolute Gasteiger partial charge is 0.189 e. The van der Waals surface area contributed by atoms with Gasteiger partial charge in [-0.3, -0.25) is 0 Å². The van der Waals surface area contributed by atoms with Gasteiger partial charge in [-0.05, 0) is 40.8 Å². The zero-order valence-electron chi connectivity index (χ0n) is 10.2. The number of aromatic nitrogens is 4. The highest BCUT2D eigenvalue weighted by Crippen LogP contribution is 2.26.